The molecule has 106 valence electrons. The third kappa shape index (κ3) is 2.65. The molecule has 0 aliphatic heterocycles. The SMILES string of the molecule is COc1cnc(C(O)c2ccccc2OC)c(OC)n1. The number of hydrogen-bond donors (Lipinski definition) is 1. The molecular formula is C14H16N2O4. The van der Waals surface area contributed by atoms with Crippen molar-refractivity contribution in [1.82, 2.24) is 9.97 Å². The van der Waals surface area contributed by atoms with Crippen LogP contribution in [0, 0.1) is 0 Å². The third-order valence-corrected chi connectivity index (χ3v) is 2.84. The molecule has 1 aromatic heterocycles. The summed E-state index contributed by atoms with van der Waals surface area (Å²) >= 11 is 0. The van der Waals surface area contributed by atoms with Crippen molar-refractivity contribution in [3.05, 3.63) is 41.7 Å². The molecule has 2 aromatic rings. The molecule has 1 unspecified atom stereocenters. The normalized spacial score (nSPS) is 11.8. The molecular weight excluding hydrogens is 260 g/mol. The number of benzene rings is 1. The van der Waals surface area contributed by atoms with Gasteiger partial charge < -0.3 is 19.3 Å². The molecule has 1 heterocycles. The predicted octanol–water partition coefficient (Wildman–Crippen LogP) is 1.58. The van der Waals surface area contributed by atoms with Crippen LogP contribution in [0.1, 0.15) is 17.4 Å². The zero-order valence-electron chi connectivity index (χ0n) is 11.5. The molecule has 0 radical (unpaired) electrons. The van der Waals surface area contributed by atoms with E-state index in [1.165, 1.54) is 20.4 Å². The molecule has 6 nitrogen and oxygen atoms in total. The minimum Gasteiger partial charge on any atom is -0.496 e. The van der Waals surface area contributed by atoms with E-state index < -0.39 is 6.10 Å². The second-order valence-electron chi connectivity index (χ2n) is 3.95. The van der Waals surface area contributed by atoms with Crippen LogP contribution in [-0.2, 0) is 0 Å². The molecule has 0 fully saturated rings. The van der Waals surface area contributed by atoms with Crippen LogP contribution in [0.4, 0.5) is 0 Å². The number of aliphatic hydroxyl groups is 1. The Morgan fingerprint density at radius 3 is 2.45 bits per heavy atom. The van der Waals surface area contributed by atoms with E-state index in [0.29, 0.717) is 22.9 Å². The second kappa shape index (κ2) is 6.21. The summed E-state index contributed by atoms with van der Waals surface area (Å²) in [7, 11) is 4.49. The van der Waals surface area contributed by atoms with Gasteiger partial charge in [0.1, 0.15) is 17.5 Å². The van der Waals surface area contributed by atoms with E-state index in [0.717, 1.165) is 0 Å². The molecule has 0 aliphatic rings. The fourth-order valence-corrected chi connectivity index (χ4v) is 1.84. The van der Waals surface area contributed by atoms with Gasteiger partial charge in [0.05, 0.1) is 27.5 Å². The van der Waals surface area contributed by atoms with Crippen LogP contribution in [0.2, 0.25) is 0 Å². The highest BCUT2D eigenvalue weighted by Crippen LogP contribution is 2.32. The second-order valence-corrected chi connectivity index (χ2v) is 3.95. The predicted molar refractivity (Wildman–Crippen MR) is 72.2 cm³/mol. The van der Waals surface area contributed by atoms with E-state index >= 15 is 0 Å². The van der Waals surface area contributed by atoms with Crippen LogP contribution in [0.3, 0.4) is 0 Å². The lowest BCUT2D eigenvalue weighted by molar-refractivity contribution is 0.202. The average molecular weight is 276 g/mol. The first-order valence-corrected chi connectivity index (χ1v) is 5.97. The third-order valence-electron chi connectivity index (χ3n) is 2.84. The van der Waals surface area contributed by atoms with Crippen molar-refractivity contribution >= 4 is 0 Å². The van der Waals surface area contributed by atoms with Gasteiger partial charge in [-0.05, 0) is 6.07 Å². The number of ether oxygens (including phenoxy) is 3. The van der Waals surface area contributed by atoms with Gasteiger partial charge in [0, 0.05) is 5.56 Å². The van der Waals surface area contributed by atoms with Gasteiger partial charge in [-0.25, -0.2) is 4.98 Å². The fourth-order valence-electron chi connectivity index (χ4n) is 1.84. The Morgan fingerprint density at radius 2 is 1.80 bits per heavy atom. The average Bonchev–Trinajstić information content (AvgIpc) is 2.53. The minimum absolute atomic E-state index is 0.211. The maximum Gasteiger partial charge on any atom is 0.241 e. The number of hydrogen-bond acceptors (Lipinski definition) is 6. The van der Waals surface area contributed by atoms with Crippen LogP contribution in [-0.4, -0.2) is 36.4 Å². The lowest BCUT2D eigenvalue weighted by atomic mass is 10.1. The van der Waals surface area contributed by atoms with Crippen molar-refractivity contribution in [2.75, 3.05) is 21.3 Å². The maximum atomic E-state index is 10.5. The van der Waals surface area contributed by atoms with E-state index in [1.807, 2.05) is 12.1 Å². The highest BCUT2D eigenvalue weighted by Gasteiger charge is 2.22. The van der Waals surface area contributed by atoms with Crippen LogP contribution < -0.4 is 14.2 Å². The van der Waals surface area contributed by atoms with Crippen LogP contribution in [0.15, 0.2) is 30.5 Å². The van der Waals surface area contributed by atoms with Gasteiger partial charge in [-0.1, -0.05) is 18.2 Å². The van der Waals surface area contributed by atoms with Crippen molar-refractivity contribution in [2.24, 2.45) is 0 Å². The fraction of sp³-hybridized carbons (Fsp3) is 0.286. The quantitative estimate of drug-likeness (QED) is 0.894. The van der Waals surface area contributed by atoms with Crippen molar-refractivity contribution in [1.29, 1.82) is 0 Å². The Morgan fingerprint density at radius 1 is 1.05 bits per heavy atom. The lowest BCUT2D eigenvalue weighted by Crippen LogP contribution is -2.08. The molecule has 0 amide bonds. The highest BCUT2D eigenvalue weighted by molar-refractivity contribution is 5.41. The lowest BCUT2D eigenvalue weighted by Gasteiger charge is -2.16. The van der Waals surface area contributed by atoms with Crippen molar-refractivity contribution in [2.45, 2.75) is 6.10 Å². The summed E-state index contributed by atoms with van der Waals surface area (Å²) < 4.78 is 15.4. The smallest absolute Gasteiger partial charge is 0.241 e. The summed E-state index contributed by atoms with van der Waals surface area (Å²) in [6.45, 7) is 0. The Balaban J connectivity index is 2.45. The molecule has 0 bridgehead atoms. The van der Waals surface area contributed by atoms with E-state index in [4.69, 9.17) is 14.2 Å². The Labute approximate surface area is 117 Å². The largest absolute Gasteiger partial charge is 0.496 e. The molecule has 0 saturated carbocycles. The van der Waals surface area contributed by atoms with Gasteiger partial charge in [0.25, 0.3) is 0 Å². The van der Waals surface area contributed by atoms with Gasteiger partial charge in [-0.3, -0.25) is 0 Å². The molecule has 1 N–H and O–H groups in total. The Bertz CT molecular complexity index is 589. The molecule has 0 aliphatic carbocycles. The topological polar surface area (TPSA) is 73.7 Å². The number of nitrogens with zero attached hydrogens (tertiary/aromatic N) is 2. The summed E-state index contributed by atoms with van der Waals surface area (Å²) in [5.41, 5.74) is 0.894. The van der Waals surface area contributed by atoms with Gasteiger partial charge in [-0.2, -0.15) is 4.98 Å². The van der Waals surface area contributed by atoms with Crippen LogP contribution >= 0.6 is 0 Å². The van der Waals surface area contributed by atoms with Gasteiger partial charge in [0.15, 0.2) is 0 Å². The number of rotatable bonds is 5. The summed E-state index contributed by atoms with van der Waals surface area (Å²) in [5, 5.41) is 10.5. The molecule has 2 rings (SSSR count). The first-order valence-electron chi connectivity index (χ1n) is 5.97. The number of methoxy groups -OCH3 is 3. The molecule has 0 spiro atoms. The molecule has 6 heteroatoms. The molecule has 1 atom stereocenters. The summed E-state index contributed by atoms with van der Waals surface area (Å²) in [6, 6.07) is 7.16. The van der Waals surface area contributed by atoms with Crippen molar-refractivity contribution in [3.63, 3.8) is 0 Å². The summed E-state index contributed by atoms with van der Waals surface area (Å²) in [6.07, 6.45) is 0.427. The van der Waals surface area contributed by atoms with Crippen LogP contribution in [0.5, 0.6) is 17.5 Å². The van der Waals surface area contributed by atoms with Crippen molar-refractivity contribution < 1.29 is 19.3 Å². The number of aromatic nitrogens is 2. The van der Waals surface area contributed by atoms with Gasteiger partial charge in [0.2, 0.25) is 11.8 Å². The Hall–Kier alpha value is -2.34. The summed E-state index contributed by atoms with van der Waals surface area (Å²) in [4.78, 5) is 8.26. The monoisotopic (exact) mass is 276 g/mol. The van der Waals surface area contributed by atoms with Crippen LogP contribution in [0.25, 0.3) is 0 Å². The minimum atomic E-state index is -1.00. The van der Waals surface area contributed by atoms with E-state index in [2.05, 4.69) is 9.97 Å². The first-order chi connectivity index (χ1) is 9.71. The maximum absolute atomic E-state index is 10.5. The molecule has 0 saturated heterocycles. The highest BCUT2D eigenvalue weighted by atomic mass is 16.5. The van der Waals surface area contributed by atoms with E-state index in [1.54, 1.807) is 19.2 Å². The van der Waals surface area contributed by atoms with Gasteiger partial charge in [-0.15, -0.1) is 0 Å². The number of aliphatic hydroxyl groups excluding tert-OH is 1. The van der Waals surface area contributed by atoms with Crippen molar-refractivity contribution in [3.8, 4) is 17.5 Å². The van der Waals surface area contributed by atoms with Gasteiger partial charge >= 0.3 is 0 Å². The van der Waals surface area contributed by atoms with E-state index in [-0.39, 0.29) is 5.88 Å². The number of para-hydroxylation sites is 1. The molecule has 20 heavy (non-hydrogen) atoms. The Kier molecular flexibility index (Phi) is 4.37. The molecule has 1 aromatic carbocycles. The zero-order chi connectivity index (χ0) is 14.5. The zero-order valence-corrected chi connectivity index (χ0v) is 11.5. The standard InChI is InChI=1S/C14H16N2O4/c1-18-10-7-5-4-6-9(10)13(17)12-14(20-3)16-11(19-2)8-15-12/h4-8,13,17H,1-3H3. The summed E-state index contributed by atoms with van der Waals surface area (Å²) in [5.74, 6) is 1.10. The first kappa shape index (κ1) is 14.1. The van der Waals surface area contributed by atoms with E-state index in [9.17, 15) is 5.11 Å².